The number of nitrogens with zero attached hydrogens (tertiary/aromatic N) is 2. The van der Waals surface area contributed by atoms with Gasteiger partial charge >= 0.3 is 12.2 Å². The molecule has 0 unspecified atom stereocenters. The summed E-state index contributed by atoms with van der Waals surface area (Å²) in [5.74, 6) is -0.465. The number of alkyl carbamates (subject to hydrolysis) is 1. The molecule has 0 spiro atoms. The first-order valence-corrected chi connectivity index (χ1v) is 10.5. The molecule has 1 aromatic carbocycles. The van der Waals surface area contributed by atoms with Crippen LogP contribution in [-0.2, 0) is 9.47 Å². The number of benzene rings is 1. The second kappa shape index (κ2) is 9.07. The SMILES string of the molecule is CCC(C)(C)OC(=O)N[C@@H]1CCCCN1c1ccc(N2C[C@H](CN)OC2=O)cc1F. The van der Waals surface area contributed by atoms with E-state index < -0.39 is 29.7 Å². The van der Waals surface area contributed by atoms with Gasteiger partial charge < -0.3 is 25.4 Å². The number of piperidine rings is 1. The van der Waals surface area contributed by atoms with Crippen molar-refractivity contribution in [3.63, 3.8) is 0 Å². The van der Waals surface area contributed by atoms with Gasteiger partial charge in [-0.2, -0.15) is 0 Å². The van der Waals surface area contributed by atoms with E-state index in [1.54, 1.807) is 12.1 Å². The summed E-state index contributed by atoms with van der Waals surface area (Å²) in [5.41, 5.74) is 5.79. The molecule has 2 amide bonds. The summed E-state index contributed by atoms with van der Waals surface area (Å²) in [5, 5.41) is 2.87. The second-order valence-electron chi connectivity index (χ2n) is 8.34. The lowest BCUT2D eigenvalue weighted by Crippen LogP contribution is -2.52. The zero-order valence-electron chi connectivity index (χ0n) is 17.8. The van der Waals surface area contributed by atoms with Crippen LogP contribution in [0.3, 0.4) is 0 Å². The zero-order chi connectivity index (χ0) is 21.9. The molecule has 0 aliphatic carbocycles. The molecule has 0 saturated carbocycles. The number of rotatable bonds is 6. The highest BCUT2D eigenvalue weighted by atomic mass is 19.1. The Labute approximate surface area is 176 Å². The van der Waals surface area contributed by atoms with E-state index in [1.165, 1.54) is 11.0 Å². The molecule has 166 valence electrons. The average Bonchev–Trinajstić information content (AvgIpc) is 3.09. The van der Waals surface area contributed by atoms with Crippen molar-refractivity contribution in [2.45, 2.75) is 64.3 Å². The number of hydrogen-bond donors (Lipinski definition) is 2. The number of nitrogens with one attached hydrogen (secondary N) is 1. The maximum atomic E-state index is 15.0. The lowest BCUT2D eigenvalue weighted by molar-refractivity contribution is 0.0336. The Morgan fingerprint density at radius 3 is 2.80 bits per heavy atom. The van der Waals surface area contributed by atoms with Gasteiger partial charge in [0.05, 0.1) is 17.9 Å². The van der Waals surface area contributed by atoms with Gasteiger partial charge in [0.1, 0.15) is 23.7 Å². The number of carbonyl (C=O) groups is 2. The molecule has 2 fully saturated rings. The third kappa shape index (κ3) is 4.95. The van der Waals surface area contributed by atoms with E-state index in [0.29, 0.717) is 37.3 Å². The van der Waals surface area contributed by atoms with Crippen LogP contribution in [0, 0.1) is 5.82 Å². The van der Waals surface area contributed by atoms with Crippen molar-refractivity contribution < 1.29 is 23.5 Å². The van der Waals surface area contributed by atoms with Gasteiger partial charge in [0.25, 0.3) is 0 Å². The lowest BCUT2D eigenvalue weighted by Gasteiger charge is -2.38. The third-order valence-electron chi connectivity index (χ3n) is 5.70. The van der Waals surface area contributed by atoms with Crippen molar-refractivity contribution in [1.29, 1.82) is 0 Å². The van der Waals surface area contributed by atoms with Crippen LogP contribution in [0.15, 0.2) is 18.2 Å². The summed E-state index contributed by atoms with van der Waals surface area (Å²) >= 11 is 0. The Hall–Kier alpha value is -2.55. The van der Waals surface area contributed by atoms with Gasteiger partial charge in [-0.05, 0) is 57.7 Å². The quantitative estimate of drug-likeness (QED) is 0.730. The topological polar surface area (TPSA) is 97.1 Å². The van der Waals surface area contributed by atoms with Crippen molar-refractivity contribution in [1.82, 2.24) is 5.32 Å². The first-order chi connectivity index (χ1) is 14.2. The Morgan fingerprint density at radius 1 is 1.40 bits per heavy atom. The van der Waals surface area contributed by atoms with Gasteiger partial charge in [0, 0.05) is 13.1 Å². The molecule has 30 heavy (non-hydrogen) atoms. The van der Waals surface area contributed by atoms with Gasteiger partial charge in [-0.15, -0.1) is 0 Å². The molecular weight excluding hydrogens is 391 g/mol. The first kappa shape index (κ1) is 22.1. The largest absolute Gasteiger partial charge is 0.444 e. The molecule has 0 radical (unpaired) electrons. The molecule has 2 aliphatic heterocycles. The summed E-state index contributed by atoms with van der Waals surface area (Å²) in [6, 6.07) is 4.64. The van der Waals surface area contributed by atoms with Gasteiger partial charge in [0.15, 0.2) is 0 Å². The Balaban J connectivity index is 1.74. The van der Waals surface area contributed by atoms with Crippen LogP contribution in [0.25, 0.3) is 0 Å². The monoisotopic (exact) mass is 422 g/mol. The van der Waals surface area contributed by atoms with E-state index in [9.17, 15) is 9.59 Å². The number of anilines is 2. The molecular formula is C21H31FN4O4. The molecule has 3 N–H and O–H groups in total. The summed E-state index contributed by atoms with van der Waals surface area (Å²) in [7, 11) is 0. The maximum Gasteiger partial charge on any atom is 0.414 e. The van der Waals surface area contributed by atoms with Crippen molar-refractivity contribution >= 4 is 23.6 Å². The number of hydrogen-bond acceptors (Lipinski definition) is 6. The Bertz CT molecular complexity index is 788. The summed E-state index contributed by atoms with van der Waals surface area (Å²) < 4.78 is 25.7. The van der Waals surface area contributed by atoms with E-state index in [4.69, 9.17) is 15.2 Å². The van der Waals surface area contributed by atoms with Crippen molar-refractivity contribution in [3.05, 3.63) is 24.0 Å². The number of halogens is 1. The van der Waals surface area contributed by atoms with Gasteiger partial charge in [0.2, 0.25) is 0 Å². The van der Waals surface area contributed by atoms with Crippen LogP contribution < -0.4 is 20.9 Å². The molecule has 2 saturated heterocycles. The summed E-state index contributed by atoms with van der Waals surface area (Å²) in [6.07, 6.45) is 1.41. The predicted molar refractivity (Wildman–Crippen MR) is 112 cm³/mol. The van der Waals surface area contributed by atoms with Gasteiger partial charge in [-0.3, -0.25) is 4.90 Å². The Morgan fingerprint density at radius 2 is 2.17 bits per heavy atom. The summed E-state index contributed by atoms with van der Waals surface area (Å²) in [4.78, 5) is 27.6. The van der Waals surface area contributed by atoms with E-state index >= 15 is 4.39 Å². The fourth-order valence-electron chi connectivity index (χ4n) is 3.61. The number of amides is 2. The van der Waals surface area contributed by atoms with Crippen LogP contribution in [0.1, 0.15) is 46.5 Å². The third-order valence-corrected chi connectivity index (χ3v) is 5.70. The van der Waals surface area contributed by atoms with E-state index in [-0.39, 0.29) is 12.7 Å². The van der Waals surface area contributed by atoms with Gasteiger partial charge in [-0.25, -0.2) is 14.0 Å². The van der Waals surface area contributed by atoms with Crippen molar-refractivity contribution in [3.8, 4) is 0 Å². The van der Waals surface area contributed by atoms with Crippen LogP contribution >= 0.6 is 0 Å². The fourth-order valence-corrected chi connectivity index (χ4v) is 3.61. The van der Waals surface area contributed by atoms with Crippen LogP contribution in [0.2, 0.25) is 0 Å². The molecule has 9 heteroatoms. The van der Waals surface area contributed by atoms with E-state index in [0.717, 1.165) is 12.8 Å². The average molecular weight is 423 g/mol. The highest BCUT2D eigenvalue weighted by Gasteiger charge is 2.33. The molecule has 0 bridgehead atoms. The van der Waals surface area contributed by atoms with E-state index in [2.05, 4.69) is 5.32 Å². The minimum atomic E-state index is -0.567. The number of cyclic esters (lactones) is 1. The fraction of sp³-hybridized carbons (Fsp3) is 0.619. The van der Waals surface area contributed by atoms with Crippen molar-refractivity contribution in [2.24, 2.45) is 5.73 Å². The highest BCUT2D eigenvalue weighted by molar-refractivity contribution is 5.90. The highest BCUT2D eigenvalue weighted by Crippen LogP contribution is 2.31. The van der Waals surface area contributed by atoms with Crippen molar-refractivity contribution in [2.75, 3.05) is 29.4 Å². The molecule has 2 heterocycles. The smallest absolute Gasteiger partial charge is 0.414 e. The minimum absolute atomic E-state index is 0.217. The molecule has 2 atom stereocenters. The van der Waals surface area contributed by atoms with Gasteiger partial charge in [-0.1, -0.05) is 6.92 Å². The first-order valence-electron chi connectivity index (χ1n) is 10.5. The molecule has 2 aliphatic rings. The van der Waals surface area contributed by atoms with Crippen LogP contribution in [-0.4, -0.2) is 49.7 Å². The molecule has 8 nitrogen and oxygen atoms in total. The normalized spacial score (nSPS) is 22.1. The molecule has 0 aromatic heterocycles. The number of carbonyl (C=O) groups excluding carboxylic acids is 2. The summed E-state index contributed by atoms with van der Waals surface area (Å²) in [6.45, 7) is 6.77. The standard InChI is InChI=1S/C21H31FN4O4/c1-4-21(2,3)30-19(27)24-18-7-5-6-10-25(18)17-9-8-14(11-16(17)22)26-13-15(12-23)29-20(26)28/h8-9,11,15,18H,4-7,10,12-13,23H2,1-3H3,(H,24,27)/t15-,18-/m0/s1. The zero-order valence-corrected chi connectivity index (χ0v) is 17.8. The minimum Gasteiger partial charge on any atom is -0.444 e. The molecule has 3 rings (SSSR count). The lowest BCUT2D eigenvalue weighted by atomic mass is 10.1. The molecule has 1 aromatic rings. The van der Waals surface area contributed by atoms with Crippen LogP contribution in [0.4, 0.5) is 25.4 Å². The Kier molecular flexibility index (Phi) is 6.70. The van der Waals surface area contributed by atoms with Crippen LogP contribution in [0.5, 0.6) is 0 Å². The predicted octanol–water partition coefficient (Wildman–Crippen LogP) is 3.34. The second-order valence-corrected chi connectivity index (χ2v) is 8.34. The van der Waals surface area contributed by atoms with E-state index in [1.807, 2.05) is 25.7 Å². The maximum absolute atomic E-state index is 15.0. The number of nitrogens with two attached hydrogens (primary N) is 1. The number of ether oxygens (including phenoxy) is 2.